The zero-order valence-corrected chi connectivity index (χ0v) is 11.9. The minimum absolute atomic E-state index is 0.619. The van der Waals surface area contributed by atoms with Crippen molar-refractivity contribution in [2.75, 3.05) is 7.11 Å². The molecule has 1 aromatic heterocycles. The quantitative estimate of drug-likeness (QED) is 0.822. The van der Waals surface area contributed by atoms with E-state index in [2.05, 4.69) is 21.3 Å². The Morgan fingerprint density at radius 3 is 2.47 bits per heavy atom. The summed E-state index contributed by atoms with van der Waals surface area (Å²) in [6, 6.07) is 9.96. The van der Waals surface area contributed by atoms with Gasteiger partial charge >= 0.3 is 0 Å². The highest BCUT2D eigenvalue weighted by atomic mass is 79.9. The fourth-order valence-electron chi connectivity index (χ4n) is 1.41. The first kappa shape index (κ1) is 12.6. The van der Waals surface area contributed by atoms with Crippen molar-refractivity contribution in [1.29, 1.82) is 0 Å². The van der Waals surface area contributed by atoms with Crippen molar-refractivity contribution < 1.29 is 9.47 Å². The first-order valence-corrected chi connectivity index (χ1v) is 6.89. The maximum Gasteiger partial charge on any atom is 0.118 e. The monoisotopic (exact) mass is 312 g/mol. The molecule has 0 radical (unpaired) electrons. The van der Waals surface area contributed by atoms with E-state index in [-0.39, 0.29) is 0 Å². The predicted molar refractivity (Wildman–Crippen MR) is 73.5 cm³/mol. The van der Waals surface area contributed by atoms with Gasteiger partial charge in [0.25, 0.3) is 0 Å². The lowest BCUT2D eigenvalue weighted by Crippen LogP contribution is -1.93. The average molecular weight is 313 g/mol. The second kappa shape index (κ2) is 6.19. The van der Waals surface area contributed by atoms with Crippen LogP contribution in [-0.4, -0.2) is 7.11 Å². The van der Waals surface area contributed by atoms with Crippen molar-refractivity contribution in [3.05, 3.63) is 50.6 Å². The Kier molecular flexibility index (Phi) is 4.59. The Bertz CT molecular complexity index is 465. The van der Waals surface area contributed by atoms with E-state index in [9.17, 15) is 0 Å². The lowest BCUT2D eigenvalue weighted by Gasteiger charge is -2.05. The van der Waals surface area contributed by atoms with Gasteiger partial charge in [-0.2, -0.15) is 0 Å². The molecule has 0 unspecified atom stereocenters. The van der Waals surface area contributed by atoms with Crippen molar-refractivity contribution in [2.45, 2.75) is 13.2 Å². The van der Waals surface area contributed by atoms with Crippen molar-refractivity contribution in [3.8, 4) is 5.75 Å². The molecule has 0 saturated carbocycles. The Labute approximate surface area is 113 Å². The summed E-state index contributed by atoms with van der Waals surface area (Å²) in [4.78, 5) is 1.22. The first-order valence-electron chi connectivity index (χ1n) is 5.22. The average Bonchev–Trinajstić information content (AvgIpc) is 2.76. The largest absolute Gasteiger partial charge is 0.497 e. The molecule has 0 aliphatic rings. The molecule has 2 aromatic rings. The van der Waals surface area contributed by atoms with Crippen molar-refractivity contribution in [1.82, 2.24) is 0 Å². The molecule has 1 aromatic carbocycles. The Hall–Kier alpha value is -0.840. The molecule has 0 saturated heterocycles. The Balaban J connectivity index is 1.83. The van der Waals surface area contributed by atoms with Gasteiger partial charge in [0.05, 0.1) is 20.3 Å². The van der Waals surface area contributed by atoms with Crippen LogP contribution in [0.1, 0.15) is 10.4 Å². The molecule has 0 aliphatic carbocycles. The molecule has 17 heavy (non-hydrogen) atoms. The smallest absolute Gasteiger partial charge is 0.118 e. The molecule has 0 atom stereocenters. The third-order valence-electron chi connectivity index (χ3n) is 2.35. The van der Waals surface area contributed by atoms with E-state index < -0.39 is 0 Å². The number of thiophene rings is 1. The van der Waals surface area contributed by atoms with Crippen molar-refractivity contribution in [2.24, 2.45) is 0 Å². The van der Waals surface area contributed by atoms with Crippen LogP contribution in [0.25, 0.3) is 0 Å². The number of benzene rings is 1. The minimum atomic E-state index is 0.619. The number of hydrogen-bond donors (Lipinski definition) is 0. The van der Waals surface area contributed by atoms with Crippen LogP contribution in [0, 0.1) is 0 Å². The van der Waals surface area contributed by atoms with Crippen molar-refractivity contribution >= 4 is 27.3 Å². The third-order valence-corrected chi connectivity index (χ3v) is 4.25. The minimum Gasteiger partial charge on any atom is -0.497 e. The topological polar surface area (TPSA) is 18.5 Å². The first-order chi connectivity index (χ1) is 8.29. The van der Waals surface area contributed by atoms with Crippen LogP contribution in [0.2, 0.25) is 0 Å². The highest BCUT2D eigenvalue weighted by Crippen LogP contribution is 2.23. The van der Waals surface area contributed by atoms with Crippen LogP contribution >= 0.6 is 27.3 Å². The van der Waals surface area contributed by atoms with E-state index in [0.717, 1.165) is 15.8 Å². The highest BCUT2D eigenvalue weighted by molar-refractivity contribution is 9.10. The normalized spacial score (nSPS) is 10.5. The summed E-state index contributed by atoms with van der Waals surface area (Å²) in [6.45, 7) is 1.26. The maximum absolute atomic E-state index is 5.66. The molecule has 0 fully saturated rings. The fourth-order valence-corrected chi connectivity index (χ4v) is 2.81. The summed E-state index contributed by atoms with van der Waals surface area (Å²) in [7, 11) is 1.67. The molecule has 0 N–H and O–H groups in total. The number of rotatable bonds is 5. The van der Waals surface area contributed by atoms with Gasteiger partial charge in [-0.05, 0) is 45.1 Å². The predicted octanol–water partition coefficient (Wildman–Crippen LogP) is 4.24. The van der Waals surface area contributed by atoms with Crippen LogP contribution in [0.4, 0.5) is 0 Å². The van der Waals surface area contributed by atoms with Gasteiger partial charge in [-0.25, -0.2) is 0 Å². The molecule has 4 heteroatoms. The van der Waals surface area contributed by atoms with Crippen LogP contribution in [-0.2, 0) is 18.0 Å². The molecule has 90 valence electrons. The molecular formula is C13H13BrO2S. The van der Waals surface area contributed by atoms with E-state index >= 15 is 0 Å². The third kappa shape index (κ3) is 3.56. The van der Waals surface area contributed by atoms with Crippen LogP contribution in [0.5, 0.6) is 5.75 Å². The van der Waals surface area contributed by atoms with E-state index in [1.165, 1.54) is 4.88 Å². The van der Waals surface area contributed by atoms with Crippen LogP contribution in [0.15, 0.2) is 40.2 Å². The molecular weight excluding hydrogens is 300 g/mol. The zero-order chi connectivity index (χ0) is 12.1. The van der Waals surface area contributed by atoms with Gasteiger partial charge in [-0.3, -0.25) is 0 Å². The summed E-state index contributed by atoms with van der Waals surface area (Å²) in [5.74, 6) is 0.870. The number of hydrogen-bond acceptors (Lipinski definition) is 3. The van der Waals surface area contributed by atoms with Crippen LogP contribution in [0.3, 0.4) is 0 Å². The Morgan fingerprint density at radius 1 is 1.12 bits per heavy atom. The van der Waals surface area contributed by atoms with Gasteiger partial charge in [0.1, 0.15) is 5.75 Å². The van der Waals surface area contributed by atoms with Gasteiger partial charge in [0, 0.05) is 9.35 Å². The van der Waals surface area contributed by atoms with Gasteiger partial charge in [0.2, 0.25) is 0 Å². The van der Waals surface area contributed by atoms with Gasteiger partial charge in [-0.15, -0.1) is 11.3 Å². The summed E-state index contributed by atoms with van der Waals surface area (Å²) < 4.78 is 11.9. The SMILES string of the molecule is COc1ccc(COCc2sccc2Br)cc1. The summed E-state index contributed by atoms with van der Waals surface area (Å²) in [5.41, 5.74) is 1.15. The highest BCUT2D eigenvalue weighted by Gasteiger charge is 2.01. The van der Waals surface area contributed by atoms with E-state index in [1.807, 2.05) is 30.3 Å². The number of ether oxygens (including phenoxy) is 2. The molecule has 0 amide bonds. The van der Waals surface area contributed by atoms with E-state index in [0.29, 0.717) is 13.2 Å². The van der Waals surface area contributed by atoms with Crippen molar-refractivity contribution in [3.63, 3.8) is 0 Å². The van der Waals surface area contributed by atoms with Crippen LogP contribution < -0.4 is 4.74 Å². The number of methoxy groups -OCH3 is 1. The second-order valence-electron chi connectivity index (χ2n) is 3.53. The van der Waals surface area contributed by atoms with Gasteiger partial charge in [-0.1, -0.05) is 12.1 Å². The second-order valence-corrected chi connectivity index (χ2v) is 5.39. The summed E-state index contributed by atoms with van der Waals surface area (Å²) >= 11 is 5.18. The van der Waals surface area contributed by atoms with Gasteiger partial charge in [0.15, 0.2) is 0 Å². The lowest BCUT2D eigenvalue weighted by atomic mass is 10.2. The molecule has 0 bridgehead atoms. The molecule has 1 heterocycles. The molecule has 2 rings (SSSR count). The molecule has 0 spiro atoms. The van der Waals surface area contributed by atoms with E-state index in [4.69, 9.17) is 9.47 Å². The zero-order valence-electron chi connectivity index (χ0n) is 9.48. The fraction of sp³-hybridized carbons (Fsp3) is 0.231. The number of halogens is 1. The standard InChI is InChI=1S/C13H13BrO2S/c1-15-11-4-2-10(3-5-11)8-16-9-13-12(14)6-7-17-13/h2-7H,8-9H2,1H3. The Morgan fingerprint density at radius 2 is 1.88 bits per heavy atom. The van der Waals surface area contributed by atoms with Gasteiger partial charge < -0.3 is 9.47 Å². The molecule has 2 nitrogen and oxygen atoms in total. The summed E-state index contributed by atoms with van der Waals surface area (Å²) in [6.07, 6.45) is 0. The maximum atomic E-state index is 5.66. The lowest BCUT2D eigenvalue weighted by molar-refractivity contribution is 0.109. The summed E-state index contributed by atoms with van der Waals surface area (Å²) in [5, 5.41) is 2.05. The molecule has 0 aliphatic heterocycles. The van der Waals surface area contributed by atoms with E-state index in [1.54, 1.807) is 18.4 Å².